The maximum atomic E-state index is 11.5. The van der Waals surface area contributed by atoms with Gasteiger partial charge >= 0.3 is 6.16 Å². The van der Waals surface area contributed by atoms with Crippen LogP contribution in [0.1, 0.15) is 32.8 Å². The van der Waals surface area contributed by atoms with E-state index in [2.05, 4.69) is 6.58 Å². The van der Waals surface area contributed by atoms with Crippen LogP contribution >= 0.6 is 0 Å². The van der Waals surface area contributed by atoms with E-state index in [1.54, 1.807) is 26.8 Å². The molecule has 0 saturated heterocycles. The van der Waals surface area contributed by atoms with E-state index in [1.165, 1.54) is 6.26 Å². The molecule has 0 aromatic heterocycles. The fraction of sp³-hybridized carbons (Fsp3) is 0.312. The molecule has 19 heavy (non-hydrogen) atoms. The Morgan fingerprint density at radius 2 is 1.89 bits per heavy atom. The molecule has 3 heteroatoms. The largest absolute Gasteiger partial charge is 0.513 e. The van der Waals surface area contributed by atoms with Gasteiger partial charge in [0.15, 0.2) is 0 Å². The molecule has 0 N–H and O–H groups in total. The number of hydrogen-bond donors (Lipinski definition) is 0. The monoisotopic (exact) mass is 260 g/mol. The van der Waals surface area contributed by atoms with E-state index in [1.807, 2.05) is 30.3 Å². The van der Waals surface area contributed by atoms with Gasteiger partial charge in [0.25, 0.3) is 0 Å². The highest BCUT2D eigenvalue weighted by Crippen LogP contribution is 2.19. The van der Waals surface area contributed by atoms with Crippen molar-refractivity contribution in [3.8, 4) is 0 Å². The van der Waals surface area contributed by atoms with Gasteiger partial charge in [-0.1, -0.05) is 36.4 Å². The maximum Gasteiger partial charge on any atom is 0.513 e. The Kier molecular flexibility index (Phi) is 5.37. The van der Waals surface area contributed by atoms with Gasteiger partial charge in [0.2, 0.25) is 0 Å². The summed E-state index contributed by atoms with van der Waals surface area (Å²) in [6.07, 6.45) is 3.10. The third-order valence-corrected chi connectivity index (χ3v) is 2.20. The topological polar surface area (TPSA) is 35.5 Å². The Balaban J connectivity index is 2.75. The molecule has 1 aromatic rings. The highest BCUT2D eigenvalue weighted by molar-refractivity contribution is 5.69. The van der Waals surface area contributed by atoms with E-state index >= 15 is 0 Å². The van der Waals surface area contributed by atoms with Gasteiger partial charge in [-0.25, -0.2) is 4.79 Å². The van der Waals surface area contributed by atoms with Crippen LogP contribution in [-0.2, 0) is 9.47 Å². The minimum atomic E-state index is -0.704. The second-order valence-corrected chi connectivity index (χ2v) is 5.08. The predicted molar refractivity (Wildman–Crippen MR) is 76.6 cm³/mol. The van der Waals surface area contributed by atoms with Gasteiger partial charge in [-0.2, -0.15) is 0 Å². The van der Waals surface area contributed by atoms with E-state index in [9.17, 15) is 4.79 Å². The molecule has 0 spiro atoms. The molecule has 0 aliphatic carbocycles. The maximum absolute atomic E-state index is 11.5. The molecule has 1 aromatic carbocycles. The van der Waals surface area contributed by atoms with Gasteiger partial charge in [0.1, 0.15) is 11.9 Å². The Labute approximate surface area is 114 Å². The summed E-state index contributed by atoms with van der Waals surface area (Å²) in [5.41, 5.74) is 1.31. The molecule has 0 aliphatic rings. The summed E-state index contributed by atoms with van der Waals surface area (Å²) < 4.78 is 10.1. The molecule has 3 nitrogen and oxygen atoms in total. The smallest absolute Gasteiger partial charge is 0.428 e. The first kappa shape index (κ1) is 15.0. The molecule has 0 fully saturated rings. The molecular weight excluding hydrogens is 240 g/mol. The molecular formula is C16H20O3. The number of carbonyl (C=O) groups excluding carboxylic acids is 1. The van der Waals surface area contributed by atoms with Crippen molar-refractivity contribution < 1.29 is 14.3 Å². The van der Waals surface area contributed by atoms with Crippen LogP contribution in [0.5, 0.6) is 0 Å². The summed E-state index contributed by atoms with van der Waals surface area (Å²) in [7, 11) is 0. The van der Waals surface area contributed by atoms with Gasteiger partial charge in [-0.3, -0.25) is 0 Å². The molecule has 0 atom stereocenters. The van der Waals surface area contributed by atoms with Crippen molar-refractivity contribution in [3.63, 3.8) is 0 Å². The number of rotatable bonds is 4. The number of hydrogen-bond acceptors (Lipinski definition) is 3. The summed E-state index contributed by atoms with van der Waals surface area (Å²) in [5.74, 6) is 0. The van der Waals surface area contributed by atoms with Crippen LogP contribution in [-0.4, -0.2) is 11.8 Å². The first-order valence-corrected chi connectivity index (χ1v) is 6.17. The lowest BCUT2D eigenvalue weighted by Gasteiger charge is -2.18. The third kappa shape index (κ3) is 5.91. The number of ether oxygens (including phenoxy) is 2. The fourth-order valence-electron chi connectivity index (χ4n) is 1.44. The number of carbonyl (C=O) groups is 1. The standard InChI is InChI=1S/C16H20O3/c1-5-9-14(13-10-7-6-8-11-13)12-18-15(17)19-16(2,3)4/h5-8,10-12H,1,9H2,2-4H3/b14-12-. The molecule has 0 saturated carbocycles. The first-order valence-electron chi connectivity index (χ1n) is 6.17. The second-order valence-electron chi connectivity index (χ2n) is 5.08. The summed E-state index contributed by atoms with van der Waals surface area (Å²) in [6.45, 7) is 9.07. The first-order chi connectivity index (χ1) is 8.92. The van der Waals surface area contributed by atoms with Gasteiger partial charge in [0, 0.05) is 0 Å². The number of allylic oxidation sites excluding steroid dienone is 2. The minimum Gasteiger partial charge on any atom is -0.428 e. The molecule has 1 rings (SSSR count). The van der Waals surface area contributed by atoms with Crippen LogP contribution < -0.4 is 0 Å². The van der Waals surface area contributed by atoms with Crippen molar-refractivity contribution >= 4 is 11.7 Å². The zero-order chi connectivity index (χ0) is 14.3. The zero-order valence-corrected chi connectivity index (χ0v) is 11.7. The Hall–Kier alpha value is -2.03. The van der Waals surface area contributed by atoms with Crippen molar-refractivity contribution in [1.82, 2.24) is 0 Å². The van der Waals surface area contributed by atoms with E-state index in [0.29, 0.717) is 6.42 Å². The third-order valence-electron chi connectivity index (χ3n) is 2.20. The zero-order valence-electron chi connectivity index (χ0n) is 11.7. The van der Waals surface area contributed by atoms with Gasteiger partial charge in [-0.05, 0) is 38.3 Å². The average Bonchev–Trinajstić information content (AvgIpc) is 2.33. The minimum absolute atomic E-state index is 0.559. The number of benzene rings is 1. The summed E-state index contributed by atoms with van der Waals surface area (Å²) >= 11 is 0. The molecule has 0 unspecified atom stereocenters. The fourth-order valence-corrected chi connectivity index (χ4v) is 1.44. The van der Waals surface area contributed by atoms with Crippen LogP contribution in [0.3, 0.4) is 0 Å². The average molecular weight is 260 g/mol. The van der Waals surface area contributed by atoms with Gasteiger partial charge in [-0.15, -0.1) is 6.58 Å². The van der Waals surface area contributed by atoms with Crippen molar-refractivity contribution in [2.24, 2.45) is 0 Å². The molecule has 0 amide bonds. The Bertz CT molecular complexity index is 453. The summed E-state index contributed by atoms with van der Waals surface area (Å²) in [6, 6.07) is 9.70. The predicted octanol–water partition coefficient (Wildman–Crippen LogP) is 4.56. The van der Waals surface area contributed by atoms with Crippen LogP contribution in [0.15, 0.2) is 49.2 Å². The molecule has 0 aliphatic heterocycles. The molecule has 0 radical (unpaired) electrons. The van der Waals surface area contributed by atoms with Crippen molar-refractivity contribution in [3.05, 3.63) is 54.8 Å². The van der Waals surface area contributed by atoms with Crippen LogP contribution in [0.4, 0.5) is 4.79 Å². The van der Waals surface area contributed by atoms with E-state index in [-0.39, 0.29) is 0 Å². The summed E-state index contributed by atoms with van der Waals surface area (Å²) in [4.78, 5) is 11.5. The van der Waals surface area contributed by atoms with E-state index in [4.69, 9.17) is 9.47 Å². The van der Waals surface area contributed by atoms with E-state index < -0.39 is 11.8 Å². The lowest BCUT2D eigenvalue weighted by molar-refractivity contribution is 0.0112. The molecule has 0 bridgehead atoms. The molecule has 0 heterocycles. The Morgan fingerprint density at radius 3 is 2.42 bits per heavy atom. The SMILES string of the molecule is C=CC/C(=C/OC(=O)OC(C)(C)C)c1ccccc1. The lowest BCUT2D eigenvalue weighted by atomic mass is 10.0. The highest BCUT2D eigenvalue weighted by atomic mass is 16.7. The van der Waals surface area contributed by atoms with Gasteiger partial charge in [0.05, 0.1) is 0 Å². The summed E-state index contributed by atoms with van der Waals surface area (Å²) in [5, 5.41) is 0. The van der Waals surface area contributed by atoms with Crippen molar-refractivity contribution in [1.29, 1.82) is 0 Å². The Morgan fingerprint density at radius 1 is 1.26 bits per heavy atom. The van der Waals surface area contributed by atoms with E-state index in [0.717, 1.165) is 11.1 Å². The van der Waals surface area contributed by atoms with Crippen molar-refractivity contribution in [2.45, 2.75) is 32.8 Å². The van der Waals surface area contributed by atoms with Gasteiger partial charge < -0.3 is 9.47 Å². The highest BCUT2D eigenvalue weighted by Gasteiger charge is 2.17. The van der Waals surface area contributed by atoms with Crippen LogP contribution in [0, 0.1) is 0 Å². The second kappa shape index (κ2) is 6.78. The van der Waals surface area contributed by atoms with Crippen molar-refractivity contribution in [2.75, 3.05) is 0 Å². The van der Waals surface area contributed by atoms with Crippen LogP contribution in [0.25, 0.3) is 5.57 Å². The normalized spacial score (nSPS) is 11.8. The quantitative estimate of drug-likeness (QED) is 0.452. The van der Waals surface area contributed by atoms with Crippen LogP contribution in [0.2, 0.25) is 0 Å². The lowest BCUT2D eigenvalue weighted by Crippen LogP contribution is -2.23. The molecule has 102 valence electrons.